The van der Waals surface area contributed by atoms with Crippen LogP contribution in [0.3, 0.4) is 0 Å². The zero-order valence-corrected chi connectivity index (χ0v) is 17.0. The van der Waals surface area contributed by atoms with Crippen molar-refractivity contribution in [2.75, 3.05) is 21.3 Å². The minimum atomic E-state index is -5.20. The van der Waals surface area contributed by atoms with Crippen LogP contribution in [0.15, 0.2) is 36.4 Å². The van der Waals surface area contributed by atoms with E-state index in [1.165, 1.54) is 44.6 Å². The number of amides is 1. The van der Waals surface area contributed by atoms with Gasteiger partial charge in [0.15, 0.2) is 17.3 Å². The summed E-state index contributed by atoms with van der Waals surface area (Å²) in [6.07, 6.45) is 0.111. The van der Waals surface area contributed by atoms with E-state index in [9.17, 15) is 27.6 Å². The molecule has 0 N–H and O–H groups in total. The van der Waals surface area contributed by atoms with Gasteiger partial charge in [0, 0.05) is 12.0 Å². The van der Waals surface area contributed by atoms with E-state index < -0.39 is 36.1 Å². The largest absolute Gasteiger partial charge is 0.493 e. The van der Waals surface area contributed by atoms with Crippen LogP contribution in [0.1, 0.15) is 17.5 Å². The van der Waals surface area contributed by atoms with Crippen LogP contribution in [0, 0.1) is 0 Å². The minimum absolute atomic E-state index is 0.243. The highest BCUT2D eigenvalue weighted by atomic mass is 19.4. The highest BCUT2D eigenvalue weighted by Crippen LogP contribution is 2.45. The molecule has 1 aromatic carbocycles. The Morgan fingerprint density at radius 1 is 1.06 bits per heavy atom. The number of carbonyl (C=O) groups excluding carboxylic acids is 3. The van der Waals surface area contributed by atoms with Gasteiger partial charge in [0.1, 0.15) is 6.04 Å². The number of carbonyl (C=O) groups is 3. The van der Waals surface area contributed by atoms with Gasteiger partial charge < -0.3 is 19.1 Å². The Morgan fingerprint density at radius 2 is 1.65 bits per heavy atom. The molecule has 1 aliphatic carbocycles. The maximum absolute atomic E-state index is 13.4. The van der Waals surface area contributed by atoms with E-state index in [0.29, 0.717) is 21.8 Å². The van der Waals surface area contributed by atoms with E-state index in [2.05, 4.69) is 0 Å². The fraction of sp³-hybridized carbons (Fsp3) is 0.381. The average molecular weight is 439 g/mol. The third kappa shape index (κ3) is 4.01. The molecule has 1 aromatic rings. The quantitative estimate of drug-likeness (QED) is 0.673. The Labute approximate surface area is 176 Å². The number of rotatable bonds is 3. The van der Waals surface area contributed by atoms with Gasteiger partial charge in [-0.1, -0.05) is 12.2 Å². The van der Waals surface area contributed by atoms with E-state index in [4.69, 9.17) is 14.2 Å². The lowest BCUT2D eigenvalue weighted by Crippen LogP contribution is -2.51. The first-order chi connectivity index (χ1) is 14.6. The first kappa shape index (κ1) is 22.4. The molecular formula is C21H20F3NO6. The van der Waals surface area contributed by atoms with Gasteiger partial charge in [-0.05, 0) is 41.8 Å². The Kier molecular flexibility index (Phi) is 5.84. The molecule has 0 bridgehead atoms. The number of allylic oxidation sites excluding steroid dienone is 4. The third-order valence-electron chi connectivity index (χ3n) is 5.43. The predicted molar refractivity (Wildman–Crippen MR) is 102 cm³/mol. The molecule has 10 heteroatoms. The van der Waals surface area contributed by atoms with Crippen LogP contribution in [-0.4, -0.2) is 56.1 Å². The molecule has 1 atom stereocenters. The molecule has 0 unspecified atom stereocenters. The number of hydrogen-bond acceptors (Lipinski definition) is 6. The Morgan fingerprint density at radius 3 is 2.16 bits per heavy atom. The van der Waals surface area contributed by atoms with E-state index in [0.717, 1.165) is 7.11 Å². The van der Waals surface area contributed by atoms with Crippen LogP contribution in [0.5, 0.6) is 11.5 Å². The molecule has 0 saturated heterocycles. The molecule has 1 amide bonds. The van der Waals surface area contributed by atoms with Crippen molar-refractivity contribution in [3.05, 3.63) is 47.6 Å². The number of esters is 1. The smallest absolute Gasteiger partial charge is 0.471 e. The van der Waals surface area contributed by atoms with Gasteiger partial charge in [-0.15, -0.1) is 0 Å². The molecule has 0 radical (unpaired) electrons. The maximum Gasteiger partial charge on any atom is 0.471 e. The normalized spacial score (nSPS) is 19.6. The maximum atomic E-state index is 13.4. The molecule has 1 spiro atoms. The van der Waals surface area contributed by atoms with Crippen LogP contribution in [-0.2, 0) is 31.1 Å². The summed E-state index contributed by atoms with van der Waals surface area (Å²) in [5.41, 5.74) is -0.357. The number of benzene rings is 1. The van der Waals surface area contributed by atoms with Crippen LogP contribution in [0.4, 0.5) is 13.2 Å². The standard InChI is InChI=1S/C21H20F3NO6/c1-29-16-8-12-11-25(19(28)21(22,23)24)15(18(27)31-3)10-20(6-4-13(26)5-7-20)14(12)9-17(16)30-2/h4-9,15H,10-11H2,1-3H3/t15-/m1/s1. The lowest BCUT2D eigenvalue weighted by atomic mass is 9.72. The van der Waals surface area contributed by atoms with E-state index in [-0.39, 0.29) is 18.0 Å². The summed E-state index contributed by atoms with van der Waals surface area (Å²) in [4.78, 5) is 37.0. The summed E-state index contributed by atoms with van der Waals surface area (Å²) < 4.78 is 55.4. The number of hydrogen-bond donors (Lipinski definition) is 0. The molecule has 2 aliphatic rings. The predicted octanol–water partition coefficient (Wildman–Crippen LogP) is 2.47. The first-order valence-electron chi connectivity index (χ1n) is 9.19. The highest BCUT2D eigenvalue weighted by molar-refractivity contribution is 6.01. The van der Waals surface area contributed by atoms with Gasteiger partial charge in [0.05, 0.1) is 21.3 Å². The molecular weight excluding hydrogens is 419 g/mol. The summed E-state index contributed by atoms with van der Waals surface area (Å²) in [7, 11) is 3.80. The molecule has 166 valence electrons. The number of ketones is 1. The van der Waals surface area contributed by atoms with Gasteiger partial charge in [-0.25, -0.2) is 4.79 Å². The van der Waals surface area contributed by atoms with Crippen molar-refractivity contribution in [1.82, 2.24) is 4.90 Å². The van der Waals surface area contributed by atoms with E-state index in [1.807, 2.05) is 0 Å². The van der Waals surface area contributed by atoms with Crippen LogP contribution < -0.4 is 9.47 Å². The number of halogens is 3. The second kappa shape index (κ2) is 8.09. The first-order valence-corrected chi connectivity index (χ1v) is 9.19. The number of nitrogens with zero attached hydrogens (tertiary/aromatic N) is 1. The third-order valence-corrected chi connectivity index (χ3v) is 5.43. The van der Waals surface area contributed by atoms with Crippen LogP contribution >= 0.6 is 0 Å². The van der Waals surface area contributed by atoms with Crippen molar-refractivity contribution in [1.29, 1.82) is 0 Å². The zero-order chi connectivity index (χ0) is 23.0. The summed E-state index contributed by atoms with van der Waals surface area (Å²) in [6, 6.07) is 1.49. The van der Waals surface area contributed by atoms with Crippen molar-refractivity contribution < 1.29 is 41.8 Å². The Bertz CT molecular complexity index is 966. The van der Waals surface area contributed by atoms with Gasteiger partial charge in [0.2, 0.25) is 0 Å². The topological polar surface area (TPSA) is 82.1 Å². The second-order valence-electron chi connectivity index (χ2n) is 7.15. The molecule has 31 heavy (non-hydrogen) atoms. The van der Waals surface area contributed by atoms with Gasteiger partial charge in [-0.2, -0.15) is 13.2 Å². The summed E-state index contributed by atoms with van der Waals surface area (Å²) in [5.74, 6) is -2.92. The van der Waals surface area contributed by atoms with Crippen LogP contribution in [0.2, 0.25) is 0 Å². The van der Waals surface area contributed by atoms with Crippen molar-refractivity contribution in [3.63, 3.8) is 0 Å². The molecule has 0 aromatic heterocycles. The number of fused-ring (bicyclic) bond motifs is 2. The summed E-state index contributed by atoms with van der Waals surface area (Å²) in [6.45, 7) is -0.523. The molecule has 1 aliphatic heterocycles. The van der Waals surface area contributed by atoms with Gasteiger partial charge >= 0.3 is 18.1 Å². The summed E-state index contributed by atoms with van der Waals surface area (Å²) in [5, 5.41) is 0. The lowest BCUT2D eigenvalue weighted by molar-refractivity contribution is -0.191. The molecule has 1 heterocycles. The van der Waals surface area contributed by atoms with Crippen LogP contribution in [0.25, 0.3) is 0 Å². The fourth-order valence-electron chi connectivity index (χ4n) is 3.93. The molecule has 7 nitrogen and oxygen atoms in total. The molecule has 0 fully saturated rings. The number of ether oxygens (including phenoxy) is 3. The van der Waals surface area contributed by atoms with Crippen molar-refractivity contribution in [2.24, 2.45) is 0 Å². The lowest BCUT2D eigenvalue weighted by Gasteiger charge is -2.34. The van der Waals surface area contributed by atoms with Crippen molar-refractivity contribution >= 4 is 17.7 Å². The SMILES string of the molecule is COC(=O)[C@H]1CC2(C=CC(=O)C=C2)c2cc(OC)c(OC)cc2CN1C(=O)C(F)(F)F. The number of alkyl halides is 3. The van der Waals surface area contributed by atoms with E-state index in [1.54, 1.807) is 6.07 Å². The Hall–Kier alpha value is -3.30. The Balaban J connectivity index is 2.28. The van der Waals surface area contributed by atoms with Gasteiger partial charge in [-0.3, -0.25) is 9.59 Å². The van der Waals surface area contributed by atoms with Crippen molar-refractivity contribution in [2.45, 2.75) is 30.6 Å². The summed E-state index contributed by atoms with van der Waals surface area (Å²) >= 11 is 0. The fourth-order valence-corrected chi connectivity index (χ4v) is 3.93. The van der Waals surface area contributed by atoms with E-state index >= 15 is 0 Å². The van der Waals surface area contributed by atoms with Crippen molar-refractivity contribution in [3.8, 4) is 11.5 Å². The number of methoxy groups -OCH3 is 3. The van der Waals surface area contributed by atoms with Gasteiger partial charge in [0.25, 0.3) is 0 Å². The molecule has 3 rings (SSSR count). The second-order valence-corrected chi connectivity index (χ2v) is 7.15. The zero-order valence-electron chi connectivity index (χ0n) is 17.0. The average Bonchev–Trinajstić information content (AvgIpc) is 2.88. The monoisotopic (exact) mass is 439 g/mol. The minimum Gasteiger partial charge on any atom is -0.493 e. The highest BCUT2D eigenvalue weighted by Gasteiger charge is 2.50. The molecule has 0 saturated carbocycles.